The van der Waals surface area contributed by atoms with Gasteiger partial charge in [-0.2, -0.15) is 0 Å². The number of aliphatic hydroxyl groups is 1. The van der Waals surface area contributed by atoms with E-state index in [0.29, 0.717) is 29.9 Å². The summed E-state index contributed by atoms with van der Waals surface area (Å²) < 4.78 is 14.1. The van der Waals surface area contributed by atoms with E-state index in [0.717, 1.165) is 41.0 Å². The summed E-state index contributed by atoms with van der Waals surface area (Å²) >= 11 is 6.85. The van der Waals surface area contributed by atoms with Gasteiger partial charge < -0.3 is 14.6 Å². The molecule has 4 aliphatic rings. The smallest absolute Gasteiger partial charge is 0.338 e. The quantitative estimate of drug-likeness (QED) is 0.253. The second-order valence-electron chi connectivity index (χ2n) is 13.8. The standard InChI is InChI=1S/C34H38Br2O5/c1-30(2)14-4-15-31(3)26(30)13-16-33-18-17-32(20-33,21-40-28(37)22-5-9-24(35)10-6-22)19-27(34(31,33)39)41-29(38)23-7-11-25(36)12-8-23/h5-12,17-18,26-27,39H,4,13-16,19-21H2,1-3H3/t26-,27+,31-,32+,33?,34-/m1/s1. The first kappa shape index (κ1) is 29.1. The molecule has 1 spiro atoms. The largest absolute Gasteiger partial charge is 0.461 e. The van der Waals surface area contributed by atoms with Crippen LogP contribution < -0.4 is 0 Å². The number of halogens is 2. The number of hydrogen-bond acceptors (Lipinski definition) is 5. The molecule has 1 N–H and O–H groups in total. The van der Waals surface area contributed by atoms with Crippen LogP contribution in [0.3, 0.4) is 0 Å². The normalized spacial score (nSPS) is 36.6. The van der Waals surface area contributed by atoms with Gasteiger partial charge in [-0.25, -0.2) is 9.59 Å². The van der Waals surface area contributed by atoms with Crippen molar-refractivity contribution in [3.8, 4) is 0 Å². The summed E-state index contributed by atoms with van der Waals surface area (Å²) in [5.41, 5.74) is -1.71. The molecule has 0 heterocycles. The molecule has 6 rings (SSSR count). The van der Waals surface area contributed by atoms with Crippen LogP contribution in [-0.2, 0) is 9.47 Å². The van der Waals surface area contributed by atoms with E-state index >= 15 is 0 Å². The van der Waals surface area contributed by atoms with Crippen LogP contribution in [0.1, 0.15) is 86.4 Å². The molecule has 0 amide bonds. The van der Waals surface area contributed by atoms with E-state index in [2.05, 4.69) is 64.8 Å². The Morgan fingerprint density at radius 3 is 2.12 bits per heavy atom. The molecule has 2 aromatic carbocycles. The molecule has 0 saturated heterocycles. The molecular formula is C34H38Br2O5. The minimum absolute atomic E-state index is 0.0850. The van der Waals surface area contributed by atoms with Gasteiger partial charge in [-0.15, -0.1) is 0 Å². The van der Waals surface area contributed by atoms with Crippen LogP contribution in [-0.4, -0.2) is 35.4 Å². The highest BCUT2D eigenvalue weighted by atomic mass is 79.9. The molecular weight excluding hydrogens is 648 g/mol. The highest BCUT2D eigenvalue weighted by Gasteiger charge is 2.75. The number of carbonyl (C=O) groups excluding carboxylic acids is 2. The Hall–Kier alpha value is -1.96. The molecule has 6 atom stereocenters. The monoisotopic (exact) mass is 684 g/mol. The van der Waals surface area contributed by atoms with Crippen LogP contribution in [0, 0.1) is 27.6 Å². The first-order valence-electron chi connectivity index (χ1n) is 14.7. The lowest BCUT2D eigenvalue weighted by molar-refractivity contribution is -0.295. The van der Waals surface area contributed by atoms with Gasteiger partial charge in [0.2, 0.25) is 0 Å². The molecule has 2 aromatic rings. The van der Waals surface area contributed by atoms with Crippen LogP contribution in [0.15, 0.2) is 69.6 Å². The number of hydrogen-bond donors (Lipinski definition) is 1. The van der Waals surface area contributed by atoms with E-state index < -0.39 is 33.9 Å². The predicted molar refractivity (Wildman–Crippen MR) is 164 cm³/mol. The number of fused-ring (bicyclic) bond motifs is 3. The summed E-state index contributed by atoms with van der Waals surface area (Å²) in [4.78, 5) is 26.6. The number of rotatable bonds is 5. The Kier molecular flexibility index (Phi) is 7.14. The third-order valence-electron chi connectivity index (χ3n) is 11.1. The zero-order chi connectivity index (χ0) is 29.3. The van der Waals surface area contributed by atoms with Crippen LogP contribution in [0.4, 0.5) is 0 Å². The molecule has 4 aliphatic carbocycles. The first-order valence-corrected chi connectivity index (χ1v) is 16.2. The number of benzene rings is 2. The van der Waals surface area contributed by atoms with Crippen molar-refractivity contribution in [3.63, 3.8) is 0 Å². The molecule has 3 fully saturated rings. The summed E-state index contributed by atoms with van der Waals surface area (Å²) in [6, 6.07) is 14.3. The van der Waals surface area contributed by atoms with E-state index in [1.165, 1.54) is 0 Å². The second kappa shape index (κ2) is 10.1. The lowest BCUT2D eigenvalue weighted by Gasteiger charge is -2.69. The van der Waals surface area contributed by atoms with Crippen LogP contribution in [0.5, 0.6) is 0 Å². The van der Waals surface area contributed by atoms with Crippen molar-refractivity contribution in [3.05, 3.63) is 80.8 Å². The van der Waals surface area contributed by atoms with Crippen molar-refractivity contribution >= 4 is 43.8 Å². The SMILES string of the molecule is CC1(C)CCC[C@]2(C)[C@@H]1CCC13C=C[C@](COC(=O)c4ccc(Br)cc4)(C[C@H](OC(=O)c4ccc(Br)cc4)[C@]12O)C3. The summed E-state index contributed by atoms with van der Waals surface area (Å²) in [7, 11) is 0. The summed E-state index contributed by atoms with van der Waals surface area (Å²) in [6.07, 6.45) is 9.57. The fourth-order valence-electron chi connectivity index (χ4n) is 9.26. The summed E-state index contributed by atoms with van der Waals surface area (Å²) in [6.45, 7) is 7.08. The van der Waals surface area contributed by atoms with Crippen molar-refractivity contribution in [2.75, 3.05) is 6.61 Å². The summed E-state index contributed by atoms with van der Waals surface area (Å²) in [5, 5.41) is 13.2. The Labute approximate surface area is 259 Å². The van der Waals surface area contributed by atoms with E-state index in [-0.39, 0.29) is 18.0 Å². The van der Waals surface area contributed by atoms with Crippen molar-refractivity contribution in [1.29, 1.82) is 0 Å². The minimum Gasteiger partial charge on any atom is -0.461 e. The Balaban J connectivity index is 1.35. The van der Waals surface area contributed by atoms with Gasteiger partial charge in [0.05, 0.1) is 11.1 Å². The average Bonchev–Trinajstić information content (AvgIpc) is 3.25. The highest BCUT2D eigenvalue weighted by molar-refractivity contribution is 9.10. The molecule has 218 valence electrons. The number of esters is 2. The Morgan fingerprint density at radius 1 is 0.878 bits per heavy atom. The van der Waals surface area contributed by atoms with Crippen LogP contribution >= 0.6 is 31.9 Å². The van der Waals surface area contributed by atoms with Gasteiger partial charge in [0.25, 0.3) is 0 Å². The average molecular weight is 686 g/mol. The van der Waals surface area contributed by atoms with Crippen LogP contribution in [0.25, 0.3) is 0 Å². The van der Waals surface area contributed by atoms with Crippen molar-refractivity contribution in [2.24, 2.45) is 27.6 Å². The van der Waals surface area contributed by atoms with Gasteiger partial charge in [-0.05, 0) is 98.4 Å². The van der Waals surface area contributed by atoms with E-state index in [4.69, 9.17) is 9.47 Å². The predicted octanol–water partition coefficient (Wildman–Crippen LogP) is 8.29. The number of carbonyl (C=O) groups is 2. The Bertz CT molecular complexity index is 1380. The maximum Gasteiger partial charge on any atom is 0.338 e. The topological polar surface area (TPSA) is 72.8 Å². The van der Waals surface area contributed by atoms with Crippen LogP contribution in [0.2, 0.25) is 0 Å². The fraction of sp³-hybridized carbons (Fsp3) is 0.529. The van der Waals surface area contributed by atoms with Gasteiger partial charge in [0.15, 0.2) is 0 Å². The van der Waals surface area contributed by atoms with Crippen molar-refractivity contribution in [2.45, 2.75) is 77.4 Å². The Morgan fingerprint density at radius 2 is 1.49 bits per heavy atom. The molecule has 0 radical (unpaired) electrons. The van der Waals surface area contributed by atoms with E-state index in [9.17, 15) is 14.7 Å². The van der Waals surface area contributed by atoms with Gasteiger partial charge in [0, 0.05) is 25.2 Å². The van der Waals surface area contributed by atoms with Gasteiger partial charge >= 0.3 is 11.9 Å². The molecule has 0 aromatic heterocycles. The van der Waals surface area contributed by atoms with E-state index in [1.807, 2.05) is 24.3 Å². The number of ether oxygens (including phenoxy) is 2. The molecule has 3 saturated carbocycles. The molecule has 7 heteroatoms. The van der Waals surface area contributed by atoms with Gasteiger partial charge in [-0.1, -0.05) is 71.2 Å². The minimum atomic E-state index is -1.24. The molecule has 0 aliphatic heterocycles. The first-order chi connectivity index (χ1) is 19.3. The zero-order valence-corrected chi connectivity index (χ0v) is 27.1. The van der Waals surface area contributed by atoms with E-state index in [1.54, 1.807) is 24.3 Å². The fourth-order valence-corrected chi connectivity index (χ4v) is 9.79. The second-order valence-corrected chi connectivity index (χ2v) is 15.7. The van der Waals surface area contributed by atoms with Crippen molar-refractivity contribution < 1.29 is 24.2 Å². The summed E-state index contributed by atoms with van der Waals surface area (Å²) in [5.74, 6) is -0.504. The molecule has 41 heavy (non-hydrogen) atoms. The van der Waals surface area contributed by atoms with Gasteiger partial charge in [0.1, 0.15) is 18.3 Å². The zero-order valence-electron chi connectivity index (χ0n) is 23.9. The molecule has 1 unspecified atom stereocenters. The maximum absolute atomic E-state index is 13.6. The highest BCUT2D eigenvalue weighted by Crippen LogP contribution is 2.73. The third kappa shape index (κ3) is 4.56. The van der Waals surface area contributed by atoms with Crippen molar-refractivity contribution in [1.82, 2.24) is 0 Å². The molecule has 2 bridgehead atoms. The molecule has 5 nitrogen and oxygen atoms in total. The lowest BCUT2D eigenvalue weighted by Crippen LogP contribution is -2.74. The lowest BCUT2D eigenvalue weighted by atomic mass is 9.37. The maximum atomic E-state index is 13.6. The van der Waals surface area contributed by atoms with Gasteiger partial charge in [-0.3, -0.25) is 0 Å². The third-order valence-corrected chi connectivity index (χ3v) is 12.2.